The summed E-state index contributed by atoms with van der Waals surface area (Å²) in [6, 6.07) is 12.2. The SMILES string of the molecule is Cc1cccc(C)c1NC(=O)CNC(=O)C[NH2+][C@@H](c1ccc(F)cc1)C(C)C. The summed E-state index contributed by atoms with van der Waals surface area (Å²) in [6.45, 7) is 8.08. The van der Waals surface area contributed by atoms with Crippen molar-refractivity contribution in [1.82, 2.24) is 5.32 Å². The Labute approximate surface area is 165 Å². The summed E-state index contributed by atoms with van der Waals surface area (Å²) in [6.07, 6.45) is 0. The molecule has 0 aliphatic heterocycles. The van der Waals surface area contributed by atoms with Crippen LogP contribution in [0.4, 0.5) is 10.1 Å². The molecule has 2 amide bonds. The molecular formula is C22H29FN3O2+. The predicted octanol–water partition coefficient (Wildman–Crippen LogP) is 2.46. The molecule has 2 aromatic rings. The monoisotopic (exact) mass is 386 g/mol. The number of hydrogen-bond donors (Lipinski definition) is 3. The third kappa shape index (κ3) is 6.16. The minimum Gasteiger partial charge on any atom is -0.342 e. The molecule has 150 valence electrons. The zero-order chi connectivity index (χ0) is 20.7. The van der Waals surface area contributed by atoms with Crippen molar-refractivity contribution in [3.8, 4) is 0 Å². The average molecular weight is 386 g/mol. The Morgan fingerprint density at radius 2 is 1.61 bits per heavy atom. The van der Waals surface area contributed by atoms with E-state index in [-0.39, 0.29) is 42.7 Å². The zero-order valence-corrected chi connectivity index (χ0v) is 16.9. The molecule has 2 aromatic carbocycles. The number of nitrogens with two attached hydrogens (primary N) is 1. The van der Waals surface area contributed by atoms with Crippen LogP contribution < -0.4 is 16.0 Å². The Morgan fingerprint density at radius 3 is 2.18 bits per heavy atom. The maximum atomic E-state index is 13.1. The maximum absolute atomic E-state index is 13.1. The van der Waals surface area contributed by atoms with Gasteiger partial charge in [-0.05, 0) is 37.1 Å². The fourth-order valence-corrected chi connectivity index (χ4v) is 3.16. The molecule has 0 saturated heterocycles. The average Bonchev–Trinajstić information content (AvgIpc) is 2.64. The van der Waals surface area contributed by atoms with Crippen LogP contribution in [0.5, 0.6) is 0 Å². The fraction of sp³-hybridized carbons (Fsp3) is 0.364. The van der Waals surface area contributed by atoms with Crippen LogP contribution in [0.15, 0.2) is 42.5 Å². The van der Waals surface area contributed by atoms with E-state index >= 15 is 0 Å². The molecular weight excluding hydrogens is 357 g/mol. The molecule has 6 heteroatoms. The number of aryl methyl sites for hydroxylation is 2. The summed E-state index contributed by atoms with van der Waals surface area (Å²) in [5.41, 5.74) is 3.71. The van der Waals surface area contributed by atoms with Gasteiger partial charge in [0.05, 0.1) is 6.54 Å². The van der Waals surface area contributed by atoms with E-state index < -0.39 is 0 Å². The summed E-state index contributed by atoms with van der Waals surface area (Å²) in [4.78, 5) is 24.3. The molecule has 5 nitrogen and oxygen atoms in total. The highest BCUT2D eigenvalue weighted by Crippen LogP contribution is 2.19. The Hall–Kier alpha value is -2.73. The molecule has 0 saturated carbocycles. The van der Waals surface area contributed by atoms with Crippen molar-refractivity contribution >= 4 is 17.5 Å². The summed E-state index contributed by atoms with van der Waals surface area (Å²) in [7, 11) is 0. The number of hydrogen-bond acceptors (Lipinski definition) is 2. The third-order valence-electron chi connectivity index (χ3n) is 4.72. The van der Waals surface area contributed by atoms with Gasteiger partial charge in [0.2, 0.25) is 5.91 Å². The smallest absolute Gasteiger partial charge is 0.275 e. The number of carbonyl (C=O) groups is 2. The first-order chi connectivity index (χ1) is 13.3. The van der Waals surface area contributed by atoms with Crippen molar-refractivity contribution in [3.63, 3.8) is 0 Å². The Morgan fingerprint density at radius 1 is 1.00 bits per heavy atom. The number of benzene rings is 2. The lowest BCUT2D eigenvalue weighted by Gasteiger charge is -2.19. The topological polar surface area (TPSA) is 74.8 Å². The highest BCUT2D eigenvalue weighted by molar-refractivity contribution is 5.95. The van der Waals surface area contributed by atoms with Gasteiger partial charge in [-0.25, -0.2) is 4.39 Å². The van der Waals surface area contributed by atoms with E-state index in [4.69, 9.17) is 0 Å². The second-order valence-electron chi connectivity index (χ2n) is 7.35. The molecule has 0 radical (unpaired) electrons. The minimum absolute atomic E-state index is 0.0368. The summed E-state index contributed by atoms with van der Waals surface area (Å²) in [5.74, 6) is -0.487. The highest BCUT2D eigenvalue weighted by atomic mass is 19.1. The van der Waals surface area contributed by atoms with Gasteiger partial charge in [0.25, 0.3) is 5.91 Å². The van der Waals surface area contributed by atoms with Crippen LogP contribution in [0.3, 0.4) is 0 Å². The lowest BCUT2D eigenvalue weighted by atomic mass is 9.96. The first kappa shape index (κ1) is 21.6. The molecule has 0 fully saturated rings. The Kier molecular flexibility index (Phi) is 7.70. The predicted molar refractivity (Wildman–Crippen MR) is 108 cm³/mol. The van der Waals surface area contributed by atoms with Crippen LogP contribution in [-0.2, 0) is 9.59 Å². The van der Waals surface area contributed by atoms with E-state index in [9.17, 15) is 14.0 Å². The molecule has 1 atom stereocenters. The Balaban J connectivity index is 1.84. The number of para-hydroxylation sites is 1. The highest BCUT2D eigenvalue weighted by Gasteiger charge is 2.20. The van der Waals surface area contributed by atoms with Crippen LogP contribution in [0.1, 0.15) is 36.6 Å². The Bertz CT molecular complexity index is 799. The minimum atomic E-state index is -0.279. The number of anilines is 1. The number of rotatable bonds is 8. The van der Waals surface area contributed by atoms with Crippen LogP contribution in [0.2, 0.25) is 0 Å². The van der Waals surface area contributed by atoms with Gasteiger partial charge < -0.3 is 16.0 Å². The van der Waals surface area contributed by atoms with Crippen molar-refractivity contribution in [1.29, 1.82) is 0 Å². The van der Waals surface area contributed by atoms with Crippen molar-refractivity contribution < 1.29 is 19.3 Å². The summed E-state index contributed by atoms with van der Waals surface area (Å²) < 4.78 is 13.1. The molecule has 0 aromatic heterocycles. The molecule has 0 aliphatic carbocycles. The molecule has 0 aliphatic rings. The first-order valence-electron chi connectivity index (χ1n) is 9.49. The molecule has 0 heterocycles. The van der Waals surface area contributed by atoms with E-state index in [1.807, 2.05) is 37.4 Å². The van der Waals surface area contributed by atoms with Crippen molar-refractivity contribution in [2.24, 2.45) is 5.92 Å². The number of amides is 2. The van der Waals surface area contributed by atoms with Gasteiger partial charge in [-0.15, -0.1) is 0 Å². The van der Waals surface area contributed by atoms with E-state index in [0.29, 0.717) is 0 Å². The van der Waals surface area contributed by atoms with Crippen LogP contribution in [0, 0.1) is 25.6 Å². The van der Waals surface area contributed by atoms with Crippen LogP contribution in [0.25, 0.3) is 0 Å². The van der Waals surface area contributed by atoms with Crippen molar-refractivity contribution in [2.45, 2.75) is 33.7 Å². The van der Waals surface area contributed by atoms with E-state index in [1.54, 1.807) is 12.1 Å². The second-order valence-corrected chi connectivity index (χ2v) is 7.35. The van der Waals surface area contributed by atoms with E-state index in [0.717, 1.165) is 22.4 Å². The quantitative estimate of drug-likeness (QED) is 0.652. The molecule has 2 rings (SSSR count). The molecule has 4 N–H and O–H groups in total. The second kappa shape index (κ2) is 9.99. The van der Waals surface area contributed by atoms with Gasteiger partial charge in [0.1, 0.15) is 11.9 Å². The largest absolute Gasteiger partial charge is 0.342 e. The normalized spacial score (nSPS) is 11.9. The van der Waals surface area contributed by atoms with Gasteiger partial charge in [0.15, 0.2) is 6.54 Å². The number of carbonyl (C=O) groups excluding carboxylic acids is 2. The van der Waals surface area contributed by atoms with Crippen molar-refractivity contribution in [3.05, 3.63) is 65.0 Å². The van der Waals surface area contributed by atoms with Gasteiger partial charge in [0, 0.05) is 17.2 Å². The number of quaternary nitrogens is 1. The van der Waals surface area contributed by atoms with E-state index in [1.165, 1.54) is 12.1 Å². The van der Waals surface area contributed by atoms with Gasteiger partial charge in [-0.1, -0.05) is 44.2 Å². The summed E-state index contributed by atoms with van der Waals surface area (Å²) in [5, 5.41) is 7.42. The number of nitrogens with one attached hydrogen (secondary N) is 2. The van der Waals surface area contributed by atoms with E-state index in [2.05, 4.69) is 24.5 Å². The zero-order valence-electron chi connectivity index (χ0n) is 16.9. The summed E-state index contributed by atoms with van der Waals surface area (Å²) >= 11 is 0. The standard InChI is InChI=1S/C22H28FN3O2/c1-14(2)21(17-8-10-18(23)11-9-17)25-12-19(27)24-13-20(28)26-22-15(3)6-5-7-16(22)4/h5-11,14,21,25H,12-13H2,1-4H3,(H,24,27)(H,26,28)/p+1/t21-/m1/s1. The lowest BCUT2D eigenvalue weighted by Crippen LogP contribution is -2.88. The maximum Gasteiger partial charge on any atom is 0.275 e. The third-order valence-corrected chi connectivity index (χ3v) is 4.72. The fourth-order valence-electron chi connectivity index (χ4n) is 3.16. The van der Waals surface area contributed by atoms with Gasteiger partial charge in [-0.2, -0.15) is 0 Å². The number of halogens is 1. The molecule has 0 spiro atoms. The van der Waals surface area contributed by atoms with Crippen LogP contribution in [-0.4, -0.2) is 24.9 Å². The van der Waals surface area contributed by atoms with Crippen molar-refractivity contribution in [2.75, 3.05) is 18.4 Å². The van der Waals surface area contributed by atoms with Gasteiger partial charge in [-0.3, -0.25) is 9.59 Å². The lowest BCUT2D eigenvalue weighted by molar-refractivity contribution is -0.692. The molecule has 0 unspecified atom stereocenters. The van der Waals surface area contributed by atoms with Gasteiger partial charge >= 0.3 is 0 Å². The molecule has 28 heavy (non-hydrogen) atoms. The first-order valence-corrected chi connectivity index (χ1v) is 9.49. The van der Waals surface area contributed by atoms with Crippen LogP contribution >= 0.6 is 0 Å². The molecule has 0 bridgehead atoms.